The molecule has 0 aromatic carbocycles. The number of nitrogens with zero attached hydrogens (tertiary/aromatic N) is 1. The van der Waals surface area contributed by atoms with Crippen molar-refractivity contribution in [2.75, 3.05) is 19.8 Å². The van der Waals surface area contributed by atoms with Gasteiger partial charge in [0, 0.05) is 12.8 Å². The fraction of sp³-hybridized carbons (Fsp3) is 0.846. The monoisotopic (exact) mass is 253 g/mol. The van der Waals surface area contributed by atoms with Crippen LogP contribution in [0.1, 0.15) is 39.0 Å². The molecule has 0 aromatic heterocycles. The lowest BCUT2D eigenvalue weighted by molar-refractivity contribution is -0.211. The Balaban J connectivity index is 2.18. The average molecular weight is 253 g/mol. The Kier molecular flexibility index (Phi) is 3.88. The van der Waals surface area contributed by atoms with Gasteiger partial charge < -0.3 is 14.2 Å². The predicted molar refractivity (Wildman–Crippen MR) is 62.4 cm³/mol. The molecule has 2 aliphatic rings. The first-order valence-corrected chi connectivity index (χ1v) is 6.48. The minimum atomic E-state index is -0.757. The van der Waals surface area contributed by atoms with Crippen LogP contribution in [0, 0.1) is 16.7 Å². The standard InChI is InChI=1S/C13H19NO4/c1-2-16-11(15)12(6-7-14)4-3-5-13(10-12)17-8-9-18-13/h2-6,8-10H2,1H3. The minimum absolute atomic E-state index is 0.167. The maximum absolute atomic E-state index is 12.2. The minimum Gasteiger partial charge on any atom is -0.466 e. The van der Waals surface area contributed by atoms with Crippen molar-refractivity contribution in [3.8, 4) is 6.07 Å². The molecule has 5 heteroatoms. The molecule has 1 atom stereocenters. The number of rotatable bonds is 3. The molecule has 1 aliphatic carbocycles. The van der Waals surface area contributed by atoms with Gasteiger partial charge in [0.1, 0.15) is 0 Å². The highest BCUT2D eigenvalue weighted by Crippen LogP contribution is 2.48. The molecule has 0 amide bonds. The van der Waals surface area contributed by atoms with Crippen LogP contribution < -0.4 is 0 Å². The topological polar surface area (TPSA) is 68.6 Å². The Bertz CT molecular complexity index is 356. The molecule has 1 heterocycles. The Hall–Kier alpha value is -1.12. The van der Waals surface area contributed by atoms with Gasteiger partial charge in [-0.1, -0.05) is 0 Å². The molecule has 0 radical (unpaired) electrons. The van der Waals surface area contributed by atoms with Crippen molar-refractivity contribution in [3.05, 3.63) is 0 Å². The van der Waals surface area contributed by atoms with E-state index in [1.807, 2.05) is 0 Å². The number of ether oxygens (including phenoxy) is 3. The second-order valence-corrected chi connectivity index (χ2v) is 4.97. The molecule has 18 heavy (non-hydrogen) atoms. The molecule has 5 nitrogen and oxygen atoms in total. The Labute approximate surface area is 107 Å². The van der Waals surface area contributed by atoms with Crippen molar-refractivity contribution in [2.24, 2.45) is 5.41 Å². The van der Waals surface area contributed by atoms with Crippen LogP contribution in [0.2, 0.25) is 0 Å². The van der Waals surface area contributed by atoms with Crippen LogP contribution in [0.25, 0.3) is 0 Å². The van der Waals surface area contributed by atoms with E-state index in [4.69, 9.17) is 19.5 Å². The number of hydrogen-bond donors (Lipinski definition) is 0. The van der Waals surface area contributed by atoms with Gasteiger partial charge >= 0.3 is 5.97 Å². The van der Waals surface area contributed by atoms with Gasteiger partial charge in [0.15, 0.2) is 5.79 Å². The van der Waals surface area contributed by atoms with Crippen LogP contribution in [0.15, 0.2) is 0 Å². The van der Waals surface area contributed by atoms with E-state index >= 15 is 0 Å². The van der Waals surface area contributed by atoms with Crippen LogP contribution in [0.5, 0.6) is 0 Å². The van der Waals surface area contributed by atoms with E-state index < -0.39 is 11.2 Å². The Morgan fingerprint density at radius 3 is 2.72 bits per heavy atom. The summed E-state index contributed by atoms with van der Waals surface area (Å²) in [5.41, 5.74) is -0.757. The number of esters is 1. The third kappa shape index (κ3) is 2.36. The number of carbonyl (C=O) groups excluding carboxylic acids is 1. The first-order chi connectivity index (χ1) is 8.66. The maximum Gasteiger partial charge on any atom is 0.313 e. The highest BCUT2D eigenvalue weighted by Gasteiger charge is 2.53. The lowest BCUT2D eigenvalue weighted by Crippen LogP contribution is -2.46. The molecule has 2 rings (SSSR count). The van der Waals surface area contributed by atoms with Crippen LogP contribution >= 0.6 is 0 Å². The highest BCUT2D eigenvalue weighted by atomic mass is 16.7. The summed E-state index contributed by atoms with van der Waals surface area (Å²) in [5.74, 6) is -0.952. The smallest absolute Gasteiger partial charge is 0.313 e. The SMILES string of the molecule is CCOC(=O)C1(CC#N)CCCC2(C1)OCCO2. The van der Waals surface area contributed by atoms with Gasteiger partial charge in [0.05, 0.1) is 37.7 Å². The van der Waals surface area contributed by atoms with Crippen LogP contribution in [-0.4, -0.2) is 31.6 Å². The maximum atomic E-state index is 12.2. The van der Waals surface area contributed by atoms with E-state index in [2.05, 4.69) is 6.07 Å². The summed E-state index contributed by atoms with van der Waals surface area (Å²) in [6.45, 7) is 3.23. The van der Waals surface area contributed by atoms with Crippen molar-refractivity contribution in [1.82, 2.24) is 0 Å². The van der Waals surface area contributed by atoms with E-state index in [9.17, 15) is 4.79 Å². The molecule has 0 N–H and O–H groups in total. The van der Waals surface area contributed by atoms with E-state index in [1.54, 1.807) is 6.92 Å². The normalized spacial score (nSPS) is 30.0. The first kappa shape index (κ1) is 13.3. The lowest BCUT2D eigenvalue weighted by atomic mass is 9.69. The fourth-order valence-corrected chi connectivity index (χ4v) is 2.96. The summed E-state index contributed by atoms with van der Waals surface area (Å²) in [4.78, 5) is 12.2. The van der Waals surface area contributed by atoms with E-state index in [0.29, 0.717) is 32.7 Å². The molecule has 1 saturated carbocycles. The van der Waals surface area contributed by atoms with Crippen molar-refractivity contribution in [3.63, 3.8) is 0 Å². The Morgan fingerprint density at radius 1 is 1.39 bits per heavy atom. The zero-order valence-electron chi connectivity index (χ0n) is 10.7. The number of carbonyl (C=O) groups is 1. The summed E-state index contributed by atoms with van der Waals surface area (Å²) in [6, 6.07) is 2.11. The first-order valence-electron chi connectivity index (χ1n) is 6.48. The summed E-state index contributed by atoms with van der Waals surface area (Å²) in [7, 11) is 0. The zero-order valence-corrected chi connectivity index (χ0v) is 10.7. The van der Waals surface area contributed by atoms with Crippen LogP contribution in [-0.2, 0) is 19.0 Å². The van der Waals surface area contributed by atoms with Crippen LogP contribution in [0.3, 0.4) is 0 Å². The zero-order chi connectivity index (χ0) is 13.1. The molecular formula is C13H19NO4. The van der Waals surface area contributed by atoms with Gasteiger partial charge in [0.25, 0.3) is 0 Å². The lowest BCUT2D eigenvalue weighted by Gasteiger charge is -2.42. The quantitative estimate of drug-likeness (QED) is 0.717. The van der Waals surface area contributed by atoms with Gasteiger partial charge in [-0.2, -0.15) is 5.26 Å². The molecule has 0 bridgehead atoms. The largest absolute Gasteiger partial charge is 0.466 e. The molecule has 1 aliphatic heterocycles. The average Bonchev–Trinajstić information content (AvgIpc) is 2.78. The van der Waals surface area contributed by atoms with Crippen molar-refractivity contribution in [1.29, 1.82) is 5.26 Å². The second kappa shape index (κ2) is 5.25. The predicted octanol–water partition coefficient (Wildman–Crippen LogP) is 1.77. The highest BCUT2D eigenvalue weighted by molar-refractivity contribution is 5.77. The Morgan fingerprint density at radius 2 is 2.11 bits per heavy atom. The fourth-order valence-electron chi connectivity index (χ4n) is 2.96. The molecule has 0 aromatic rings. The van der Waals surface area contributed by atoms with E-state index in [0.717, 1.165) is 12.8 Å². The summed E-state index contributed by atoms with van der Waals surface area (Å²) in [6.07, 6.45) is 2.89. The molecule has 1 saturated heterocycles. The van der Waals surface area contributed by atoms with E-state index in [-0.39, 0.29) is 12.4 Å². The van der Waals surface area contributed by atoms with Gasteiger partial charge in [0.2, 0.25) is 0 Å². The molecular weight excluding hydrogens is 234 g/mol. The van der Waals surface area contributed by atoms with Crippen molar-refractivity contribution in [2.45, 2.75) is 44.8 Å². The van der Waals surface area contributed by atoms with E-state index in [1.165, 1.54) is 0 Å². The van der Waals surface area contributed by atoms with Gasteiger partial charge in [-0.05, 0) is 19.8 Å². The summed E-state index contributed by atoms with van der Waals surface area (Å²) < 4.78 is 16.5. The molecule has 1 spiro atoms. The van der Waals surface area contributed by atoms with Crippen LogP contribution in [0.4, 0.5) is 0 Å². The number of nitriles is 1. The molecule has 2 fully saturated rings. The van der Waals surface area contributed by atoms with Crippen molar-refractivity contribution < 1.29 is 19.0 Å². The van der Waals surface area contributed by atoms with Gasteiger partial charge in [-0.3, -0.25) is 4.79 Å². The third-order valence-electron chi connectivity index (χ3n) is 3.76. The second-order valence-electron chi connectivity index (χ2n) is 4.97. The number of hydrogen-bond acceptors (Lipinski definition) is 5. The van der Waals surface area contributed by atoms with Crippen molar-refractivity contribution >= 4 is 5.97 Å². The van der Waals surface area contributed by atoms with Gasteiger partial charge in [-0.25, -0.2) is 0 Å². The summed E-state index contributed by atoms with van der Waals surface area (Å²) in [5, 5.41) is 8.99. The summed E-state index contributed by atoms with van der Waals surface area (Å²) >= 11 is 0. The molecule has 1 unspecified atom stereocenters. The molecule has 100 valence electrons. The third-order valence-corrected chi connectivity index (χ3v) is 3.76. The van der Waals surface area contributed by atoms with Gasteiger partial charge in [-0.15, -0.1) is 0 Å².